The minimum Gasteiger partial charge on any atom is -0.494 e. The maximum atomic E-state index is 14.3. The van der Waals surface area contributed by atoms with Crippen LogP contribution in [-0.2, 0) is 10.7 Å². The number of nitrogens with zero attached hydrogens (tertiary/aromatic N) is 7. The van der Waals surface area contributed by atoms with Crippen molar-refractivity contribution in [3.05, 3.63) is 113 Å². The van der Waals surface area contributed by atoms with Crippen molar-refractivity contribution in [2.75, 3.05) is 74.2 Å². The quantitative estimate of drug-likeness (QED) is 0.115. The number of benzene rings is 3. The van der Waals surface area contributed by atoms with Crippen LogP contribution >= 0.6 is 11.6 Å². The Kier molecular flexibility index (Phi) is 12.0. The van der Waals surface area contributed by atoms with E-state index >= 15 is 0 Å². The molecule has 8 rings (SSSR count). The van der Waals surface area contributed by atoms with Gasteiger partial charge in [0, 0.05) is 81.4 Å². The number of ether oxygens (including phenoxy) is 1. The minimum absolute atomic E-state index is 0.180. The average Bonchev–Trinajstić information content (AvgIpc) is 3.65. The average molecular weight is 842 g/mol. The number of halogens is 3. The predicted octanol–water partition coefficient (Wildman–Crippen LogP) is 6.59. The number of rotatable bonds is 12. The highest BCUT2D eigenvalue weighted by Gasteiger charge is 2.29. The number of fused-ring (bicyclic) bond motifs is 1. The zero-order chi connectivity index (χ0) is 41.0. The van der Waals surface area contributed by atoms with Gasteiger partial charge in [0.15, 0.2) is 0 Å². The van der Waals surface area contributed by atoms with E-state index in [4.69, 9.17) is 26.3 Å². The summed E-state index contributed by atoms with van der Waals surface area (Å²) < 4.78 is 58.5. The highest BCUT2D eigenvalue weighted by Crippen LogP contribution is 2.40. The smallest absolute Gasteiger partial charge is 0.255 e. The van der Waals surface area contributed by atoms with E-state index in [-0.39, 0.29) is 17.3 Å². The zero-order valence-electron chi connectivity index (χ0n) is 32.2. The highest BCUT2D eigenvalue weighted by molar-refractivity contribution is 7.72. The molecule has 0 saturated carbocycles. The summed E-state index contributed by atoms with van der Waals surface area (Å²) in [5.41, 5.74) is 4.02. The summed E-state index contributed by atoms with van der Waals surface area (Å²) in [5.74, 6) is -1.38. The van der Waals surface area contributed by atoms with Gasteiger partial charge in [-0.25, -0.2) is 32.2 Å². The highest BCUT2D eigenvalue weighted by atomic mass is 35.5. The fraction of sp³-hybridized carbons (Fsp3) is 0.286. The monoisotopic (exact) mass is 841 g/mol. The summed E-state index contributed by atoms with van der Waals surface area (Å²) in [6.45, 7) is 5.90. The van der Waals surface area contributed by atoms with Gasteiger partial charge in [-0.15, -0.1) is 0 Å². The Hall–Kier alpha value is -5.68. The molecule has 2 N–H and O–H groups in total. The number of nitrogens with one attached hydrogen (secondary N) is 2. The van der Waals surface area contributed by atoms with Crippen molar-refractivity contribution >= 4 is 56.9 Å². The second-order valence-electron chi connectivity index (χ2n) is 14.4. The lowest BCUT2D eigenvalue weighted by Gasteiger charge is -2.43. The topological polar surface area (TPSA) is 137 Å². The number of para-hydroxylation sites is 1. The number of anilines is 4. The summed E-state index contributed by atoms with van der Waals surface area (Å²) in [4.78, 5) is 34.5. The van der Waals surface area contributed by atoms with Crippen LogP contribution in [0.15, 0.2) is 91.3 Å². The van der Waals surface area contributed by atoms with Gasteiger partial charge in [0.1, 0.15) is 39.4 Å². The molecule has 2 saturated heterocycles. The number of methoxy groups -OCH3 is 1. The number of thiol groups is 1. The molecule has 6 aromatic rings. The molecule has 0 aliphatic carbocycles. The van der Waals surface area contributed by atoms with E-state index in [1.165, 1.54) is 6.07 Å². The number of imidazole rings is 1. The molecule has 0 radical (unpaired) electrons. The summed E-state index contributed by atoms with van der Waals surface area (Å²) in [6.07, 6.45) is 5.47. The van der Waals surface area contributed by atoms with Crippen molar-refractivity contribution in [1.29, 1.82) is 0 Å². The maximum Gasteiger partial charge on any atom is 0.255 e. The number of hydrogen-bond acceptors (Lipinski definition) is 11. The molecule has 0 atom stereocenters. The van der Waals surface area contributed by atoms with E-state index in [0.29, 0.717) is 57.3 Å². The van der Waals surface area contributed by atoms with E-state index in [2.05, 4.69) is 30.3 Å². The van der Waals surface area contributed by atoms with Gasteiger partial charge >= 0.3 is 0 Å². The van der Waals surface area contributed by atoms with Gasteiger partial charge in [0.05, 0.1) is 46.3 Å². The van der Waals surface area contributed by atoms with Crippen LogP contribution < -0.4 is 20.3 Å². The van der Waals surface area contributed by atoms with Crippen LogP contribution in [0.1, 0.15) is 23.2 Å². The lowest BCUT2D eigenvalue weighted by Crippen LogP contribution is -2.53. The zero-order valence-corrected chi connectivity index (χ0v) is 33.8. The largest absolute Gasteiger partial charge is 0.494 e. The Labute approximate surface area is 346 Å². The van der Waals surface area contributed by atoms with Gasteiger partial charge in [-0.1, -0.05) is 35.9 Å². The molecule has 13 nitrogen and oxygen atoms in total. The SMILES string of the molecule is COc1cc(N2CCC(N3CCN(CC[SH](=O)=O)CC3)CC2)c(Cl)cc1Nc1nccc(-c2c(-c3cccc(C(=O)Nc4c(F)cccc4F)c3)nc3ccccn23)n1. The molecule has 0 bridgehead atoms. The number of carbonyl (C=O) groups excluding carboxylic acids is 1. The standard InChI is InChI=1S/C42H42ClF2N9O4S/c1-58-36-26-35(53-16-12-29(13-17-53)52-20-18-51(19-21-52)22-23-59(56)57)30(43)25-34(36)48-42-46-14-11-33(47-42)40-38(49-37-10-2-3-15-54(37)40)27-6-4-7-28(24-27)41(55)50-39-31(44)8-5-9-32(39)45/h2-11,14-15,24-26,29,59H,12-13,16-23H2,1H3,(H,50,55)(H,46,47,48). The first-order chi connectivity index (χ1) is 28.6. The third-order valence-electron chi connectivity index (χ3n) is 10.9. The number of piperazine rings is 1. The first-order valence-corrected chi connectivity index (χ1v) is 21.0. The first kappa shape index (κ1) is 40.1. The fourth-order valence-corrected chi connectivity index (χ4v) is 8.55. The minimum atomic E-state index is -2.35. The number of aromatic nitrogens is 4. The molecule has 3 aromatic heterocycles. The number of hydrogen-bond donors (Lipinski definition) is 3. The molecule has 1 amide bonds. The fourth-order valence-electron chi connectivity index (χ4n) is 7.82. The molecule has 2 fully saturated rings. The second kappa shape index (κ2) is 17.7. The number of amides is 1. The van der Waals surface area contributed by atoms with Crippen LogP contribution in [-0.4, -0.2) is 108 Å². The molecule has 0 spiro atoms. The van der Waals surface area contributed by atoms with E-state index in [1.807, 2.05) is 40.9 Å². The van der Waals surface area contributed by atoms with Gasteiger partial charge in [0.2, 0.25) is 5.95 Å². The Morgan fingerprint density at radius 3 is 2.42 bits per heavy atom. The number of pyridine rings is 1. The van der Waals surface area contributed by atoms with Crippen LogP contribution in [0, 0.1) is 11.6 Å². The number of carbonyl (C=O) groups is 1. The first-order valence-electron chi connectivity index (χ1n) is 19.3. The lowest BCUT2D eigenvalue weighted by atomic mass is 10.0. The van der Waals surface area contributed by atoms with Crippen molar-refractivity contribution in [1.82, 2.24) is 29.2 Å². The van der Waals surface area contributed by atoms with Crippen LogP contribution in [0.5, 0.6) is 5.75 Å². The van der Waals surface area contributed by atoms with Crippen LogP contribution in [0.4, 0.5) is 31.8 Å². The molecular weight excluding hydrogens is 800 g/mol. The third kappa shape index (κ3) is 8.85. The molecule has 17 heteroatoms. The summed E-state index contributed by atoms with van der Waals surface area (Å²) in [6, 6.07) is 21.6. The van der Waals surface area contributed by atoms with Crippen molar-refractivity contribution in [2.45, 2.75) is 18.9 Å². The summed E-state index contributed by atoms with van der Waals surface area (Å²) >= 11 is 6.96. The molecule has 3 aromatic carbocycles. The van der Waals surface area contributed by atoms with Crippen LogP contribution in [0.3, 0.4) is 0 Å². The van der Waals surface area contributed by atoms with Crippen molar-refractivity contribution in [2.24, 2.45) is 0 Å². The van der Waals surface area contributed by atoms with Gasteiger partial charge in [0.25, 0.3) is 5.91 Å². The summed E-state index contributed by atoms with van der Waals surface area (Å²) in [7, 11) is -0.747. The normalized spacial score (nSPS) is 15.5. The Bertz CT molecular complexity index is 2550. The van der Waals surface area contributed by atoms with Gasteiger partial charge in [-0.05, 0) is 61.4 Å². The van der Waals surface area contributed by atoms with E-state index in [0.717, 1.165) is 69.9 Å². The predicted molar refractivity (Wildman–Crippen MR) is 226 cm³/mol. The van der Waals surface area contributed by atoms with Crippen LogP contribution in [0.25, 0.3) is 28.3 Å². The molecule has 2 aliphatic rings. The van der Waals surface area contributed by atoms with Gasteiger partial charge in [-0.3, -0.25) is 19.0 Å². The van der Waals surface area contributed by atoms with Crippen molar-refractivity contribution < 1.29 is 26.7 Å². The lowest BCUT2D eigenvalue weighted by molar-refractivity contribution is 0.0882. The van der Waals surface area contributed by atoms with E-state index in [9.17, 15) is 22.0 Å². The molecular formula is C42H42ClF2N9O4S. The van der Waals surface area contributed by atoms with E-state index < -0.39 is 33.9 Å². The maximum absolute atomic E-state index is 14.3. The third-order valence-corrected chi connectivity index (χ3v) is 11.7. The molecule has 59 heavy (non-hydrogen) atoms. The van der Waals surface area contributed by atoms with Gasteiger partial charge in [-0.2, -0.15) is 0 Å². The molecule has 306 valence electrons. The Balaban J connectivity index is 1.00. The number of piperidine rings is 1. The molecule has 5 heterocycles. The van der Waals surface area contributed by atoms with E-state index in [1.54, 1.807) is 43.6 Å². The van der Waals surface area contributed by atoms with Crippen molar-refractivity contribution in [3.63, 3.8) is 0 Å². The molecule has 2 aliphatic heterocycles. The van der Waals surface area contributed by atoms with Gasteiger partial charge < -0.3 is 20.3 Å². The Morgan fingerprint density at radius 1 is 0.915 bits per heavy atom. The van der Waals surface area contributed by atoms with Crippen LogP contribution in [0.2, 0.25) is 5.02 Å². The Morgan fingerprint density at radius 2 is 1.68 bits per heavy atom. The summed E-state index contributed by atoms with van der Waals surface area (Å²) in [5, 5.41) is 6.20. The second-order valence-corrected chi connectivity index (χ2v) is 15.9. The van der Waals surface area contributed by atoms with Crippen molar-refractivity contribution in [3.8, 4) is 28.4 Å². The molecule has 0 unspecified atom stereocenters.